The molecule has 1 aliphatic rings. The third-order valence-corrected chi connectivity index (χ3v) is 5.50. The van der Waals surface area contributed by atoms with Crippen LogP contribution in [0.3, 0.4) is 0 Å². The van der Waals surface area contributed by atoms with Crippen LogP contribution in [0.1, 0.15) is 31.8 Å². The van der Waals surface area contributed by atoms with Gasteiger partial charge in [0.05, 0.1) is 5.97 Å². The first-order valence-corrected chi connectivity index (χ1v) is 10.1. The Kier molecular flexibility index (Phi) is 5.80. The molecule has 1 heterocycles. The van der Waals surface area contributed by atoms with E-state index in [0.29, 0.717) is 26.2 Å². The molecular formula is C25H23N2O3-. The second-order valence-electron chi connectivity index (χ2n) is 7.44. The Balaban J connectivity index is 1.38. The lowest BCUT2D eigenvalue weighted by Gasteiger charge is -2.36. The van der Waals surface area contributed by atoms with Crippen molar-refractivity contribution in [3.63, 3.8) is 0 Å². The first-order chi connectivity index (χ1) is 14.6. The lowest BCUT2D eigenvalue weighted by molar-refractivity contribution is -0.255. The van der Waals surface area contributed by atoms with E-state index in [1.54, 1.807) is 23.1 Å². The van der Waals surface area contributed by atoms with E-state index in [4.69, 9.17) is 0 Å². The minimum Gasteiger partial charge on any atom is -0.545 e. The number of nitrogens with zero attached hydrogens (tertiary/aromatic N) is 2. The zero-order chi connectivity index (χ0) is 20.9. The summed E-state index contributed by atoms with van der Waals surface area (Å²) in [6, 6.07) is 25.2. The molecule has 1 amide bonds. The fourth-order valence-corrected chi connectivity index (χ4v) is 3.84. The largest absolute Gasteiger partial charge is 0.545 e. The van der Waals surface area contributed by atoms with Crippen molar-refractivity contribution < 1.29 is 14.7 Å². The van der Waals surface area contributed by atoms with Crippen LogP contribution in [-0.2, 0) is 6.42 Å². The van der Waals surface area contributed by atoms with Gasteiger partial charge in [0.25, 0.3) is 5.91 Å². The molecule has 0 spiro atoms. The summed E-state index contributed by atoms with van der Waals surface area (Å²) in [7, 11) is 0. The van der Waals surface area contributed by atoms with E-state index >= 15 is 0 Å². The standard InChI is InChI=1S/C25H24N2O3/c28-24(22-8-4-5-9-23(22)25(29)30)27-16-14-26(15-17-27)21-12-10-20(11-13-21)18-19-6-2-1-3-7-19/h1-13H,14-18H2,(H,29,30)/p-1. The molecule has 0 saturated carbocycles. The van der Waals surface area contributed by atoms with Crippen LogP contribution in [0.5, 0.6) is 0 Å². The number of aromatic carboxylic acids is 1. The molecule has 0 N–H and O–H groups in total. The SMILES string of the molecule is O=C([O-])c1ccccc1C(=O)N1CCN(c2ccc(Cc3ccccc3)cc2)CC1. The van der Waals surface area contributed by atoms with Gasteiger partial charge >= 0.3 is 0 Å². The predicted octanol–water partition coefficient (Wildman–Crippen LogP) is 2.60. The number of rotatable bonds is 5. The van der Waals surface area contributed by atoms with Crippen molar-refractivity contribution in [2.45, 2.75) is 6.42 Å². The molecule has 152 valence electrons. The summed E-state index contributed by atoms with van der Waals surface area (Å²) in [5, 5.41) is 11.3. The smallest absolute Gasteiger partial charge is 0.254 e. The fourth-order valence-electron chi connectivity index (χ4n) is 3.84. The highest BCUT2D eigenvalue weighted by atomic mass is 16.4. The Bertz CT molecular complexity index is 1020. The first kappa shape index (κ1) is 19.7. The molecule has 3 aromatic carbocycles. The summed E-state index contributed by atoms with van der Waals surface area (Å²) in [5.74, 6) is -1.58. The summed E-state index contributed by atoms with van der Waals surface area (Å²) in [6.45, 7) is 2.51. The lowest BCUT2D eigenvalue weighted by Crippen LogP contribution is -2.49. The van der Waals surface area contributed by atoms with Gasteiger partial charge in [-0.3, -0.25) is 4.79 Å². The minimum absolute atomic E-state index is 0.0565. The number of benzene rings is 3. The number of hydrogen-bond acceptors (Lipinski definition) is 4. The van der Waals surface area contributed by atoms with Crippen molar-refractivity contribution in [3.8, 4) is 0 Å². The zero-order valence-electron chi connectivity index (χ0n) is 16.7. The number of amides is 1. The van der Waals surface area contributed by atoms with Crippen LogP contribution in [0.15, 0.2) is 78.9 Å². The van der Waals surface area contributed by atoms with E-state index in [0.717, 1.165) is 12.1 Å². The van der Waals surface area contributed by atoms with Gasteiger partial charge in [-0.05, 0) is 35.7 Å². The van der Waals surface area contributed by atoms with E-state index in [2.05, 4.69) is 53.4 Å². The molecule has 5 nitrogen and oxygen atoms in total. The molecule has 1 aliphatic heterocycles. The van der Waals surface area contributed by atoms with Crippen LogP contribution in [0.25, 0.3) is 0 Å². The Labute approximate surface area is 176 Å². The quantitative estimate of drug-likeness (QED) is 0.662. The maximum Gasteiger partial charge on any atom is 0.254 e. The van der Waals surface area contributed by atoms with Crippen LogP contribution >= 0.6 is 0 Å². The van der Waals surface area contributed by atoms with Crippen molar-refractivity contribution >= 4 is 17.6 Å². The van der Waals surface area contributed by atoms with Gasteiger partial charge in [-0.25, -0.2) is 0 Å². The number of hydrogen-bond donors (Lipinski definition) is 0. The summed E-state index contributed by atoms with van der Waals surface area (Å²) in [6.07, 6.45) is 0.904. The van der Waals surface area contributed by atoms with Gasteiger partial charge in [-0.2, -0.15) is 0 Å². The number of piperazine rings is 1. The van der Waals surface area contributed by atoms with Crippen molar-refractivity contribution in [1.82, 2.24) is 4.90 Å². The molecule has 3 aromatic rings. The average molecular weight is 399 g/mol. The number of anilines is 1. The van der Waals surface area contributed by atoms with Crippen molar-refractivity contribution in [2.24, 2.45) is 0 Å². The van der Waals surface area contributed by atoms with Gasteiger partial charge < -0.3 is 19.7 Å². The number of carbonyl (C=O) groups excluding carboxylic acids is 2. The predicted molar refractivity (Wildman–Crippen MR) is 115 cm³/mol. The van der Waals surface area contributed by atoms with E-state index < -0.39 is 5.97 Å². The van der Waals surface area contributed by atoms with Gasteiger partial charge in [0, 0.05) is 43.0 Å². The van der Waals surface area contributed by atoms with Crippen LogP contribution in [0.2, 0.25) is 0 Å². The van der Waals surface area contributed by atoms with Crippen molar-refractivity contribution in [2.75, 3.05) is 31.1 Å². The summed E-state index contributed by atoms with van der Waals surface area (Å²) >= 11 is 0. The van der Waals surface area contributed by atoms with Gasteiger partial charge in [0.15, 0.2) is 0 Å². The Hall–Kier alpha value is -3.60. The zero-order valence-corrected chi connectivity index (χ0v) is 16.7. The molecule has 0 radical (unpaired) electrons. The molecule has 1 fully saturated rings. The lowest BCUT2D eigenvalue weighted by atomic mass is 10.0. The van der Waals surface area contributed by atoms with Crippen molar-refractivity contribution in [1.29, 1.82) is 0 Å². The van der Waals surface area contributed by atoms with E-state index in [9.17, 15) is 14.7 Å². The fraction of sp³-hybridized carbons (Fsp3) is 0.200. The maximum absolute atomic E-state index is 12.8. The highest BCUT2D eigenvalue weighted by molar-refractivity contribution is 6.04. The minimum atomic E-state index is -1.33. The van der Waals surface area contributed by atoms with Gasteiger partial charge in [-0.15, -0.1) is 0 Å². The molecule has 0 aliphatic carbocycles. The third-order valence-electron chi connectivity index (χ3n) is 5.50. The number of carbonyl (C=O) groups is 2. The summed E-state index contributed by atoms with van der Waals surface area (Å²) < 4.78 is 0. The molecule has 0 atom stereocenters. The van der Waals surface area contributed by atoms with Crippen LogP contribution in [0, 0.1) is 0 Å². The molecule has 1 saturated heterocycles. The van der Waals surface area contributed by atoms with E-state index in [1.807, 2.05) is 6.07 Å². The van der Waals surface area contributed by atoms with Gasteiger partial charge in [0.2, 0.25) is 0 Å². The second kappa shape index (κ2) is 8.82. The van der Waals surface area contributed by atoms with Crippen LogP contribution < -0.4 is 10.0 Å². The second-order valence-corrected chi connectivity index (χ2v) is 7.44. The Morgan fingerprint density at radius 2 is 1.27 bits per heavy atom. The summed E-state index contributed by atoms with van der Waals surface area (Å²) in [4.78, 5) is 28.1. The average Bonchev–Trinajstić information content (AvgIpc) is 2.80. The number of carboxylic acids is 1. The third kappa shape index (κ3) is 4.35. The Morgan fingerprint density at radius 1 is 0.700 bits per heavy atom. The van der Waals surface area contributed by atoms with Crippen molar-refractivity contribution in [3.05, 3.63) is 101 Å². The topological polar surface area (TPSA) is 63.7 Å². The van der Waals surface area contributed by atoms with Gasteiger partial charge in [-0.1, -0.05) is 60.7 Å². The van der Waals surface area contributed by atoms with Crippen LogP contribution in [-0.4, -0.2) is 43.0 Å². The monoisotopic (exact) mass is 399 g/mol. The van der Waals surface area contributed by atoms with E-state index in [-0.39, 0.29) is 17.0 Å². The van der Waals surface area contributed by atoms with Gasteiger partial charge in [0.1, 0.15) is 0 Å². The molecule has 0 unspecified atom stereocenters. The Morgan fingerprint density at radius 3 is 1.90 bits per heavy atom. The highest BCUT2D eigenvalue weighted by Gasteiger charge is 2.24. The van der Waals surface area contributed by atoms with E-state index in [1.165, 1.54) is 17.2 Å². The molecule has 30 heavy (non-hydrogen) atoms. The molecule has 5 heteroatoms. The molecule has 4 rings (SSSR count). The molecule has 0 aromatic heterocycles. The number of carboxylic acid groups (broad SMARTS) is 1. The molecule has 0 bridgehead atoms. The summed E-state index contributed by atoms with van der Waals surface area (Å²) in [5.41, 5.74) is 3.82. The highest BCUT2D eigenvalue weighted by Crippen LogP contribution is 2.20. The van der Waals surface area contributed by atoms with Crippen LogP contribution in [0.4, 0.5) is 5.69 Å². The molecular weight excluding hydrogens is 376 g/mol. The normalized spacial score (nSPS) is 13.9. The first-order valence-electron chi connectivity index (χ1n) is 10.1. The maximum atomic E-state index is 12.8.